The number of carbonyl (C=O) groups is 1. The van der Waals surface area contributed by atoms with Crippen LogP contribution in [0.3, 0.4) is 0 Å². The molecule has 2 fully saturated rings. The molecular formula is C31H42ClN7O2. The molecule has 3 N–H and O–H groups in total. The summed E-state index contributed by atoms with van der Waals surface area (Å²) in [7, 11) is 6.07. The van der Waals surface area contributed by atoms with Crippen LogP contribution in [0.4, 0.5) is 5.95 Å². The van der Waals surface area contributed by atoms with E-state index in [-0.39, 0.29) is 11.9 Å². The largest absolute Gasteiger partial charge is 0.388 e. The minimum atomic E-state index is -0.785. The van der Waals surface area contributed by atoms with E-state index in [1.807, 2.05) is 54.4 Å². The third kappa shape index (κ3) is 7.27. The number of benzene rings is 1. The number of hydrogen-bond donors (Lipinski definition) is 3. The minimum Gasteiger partial charge on any atom is -0.388 e. The van der Waals surface area contributed by atoms with Gasteiger partial charge < -0.3 is 30.1 Å². The number of aliphatic hydroxyl groups is 1. The number of fused-ring (bicyclic) bond motifs is 1. The zero-order valence-electron chi connectivity index (χ0n) is 24.3. The molecule has 1 saturated heterocycles. The maximum Gasteiger partial charge on any atom is 0.246 e. The lowest BCUT2D eigenvalue weighted by Crippen LogP contribution is -2.53. The van der Waals surface area contributed by atoms with Gasteiger partial charge in [0.1, 0.15) is 0 Å². The monoisotopic (exact) mass is 579 g/mol. The Morgan fingerprint density at radius 1 is 1.24 bits per heavy atom. The van der Waals surface area contributed by atoms with Crippen molar-refractivity contribution >= 4 is 34.4 Å². The molecule has 41 heavy (non-hydrogen) atoms. The molecule has 1 aliphatic heterocycles. The van der Waals surface area contributed by atoms with Gasteiger partial charge in [-0.05, 0) is 65.7 Å². The van der Waals surface area contributed by atoms with Crippen LogP contribution in [0.2, 0.25) is 5.02 Å². The number of halogens is 1. The number of para-hydroxylation sites is 1. The second kappa shape index (κ2) is 12.9. The summed E-state index contributed by atoms with van der Waals surface area (Å²) >= 11 is 6.54. The minimum absolute atomic E-state index is 0.0284. The fraction of sp³-hybridized carbons (Fsp3) is 0.516. The second-order valence-electron chi connectivity index (χ2n) is 11.9. The van der Waals surface area contributed by atoms with E-state index in [0.29, 0.717) is 55.2 Å². The summed E-state index contributed by atoms with van der Waals surface area (Å²) in [5.41, 5.74) is 1.93. The molecule has 220 valence electrons. The number of piperidine rings is 1. The predicted octanol–water partition coefficient (Wildman–Crippen LogP) is 4.40. The zero-order chi connectivity index (χ0) is 29.0. The topological polar surface area (TPSA) is 101 Å². The molecule has 3 heterocycles. The molecule has 9 nitrogen and oxygen atoms in total. The molecule has 2 aromatic heterocycles. The normalized spacial score (nSPS) is 21.3. The van der Waals surface area contributed by atoms with Crippen molar-refractivity contribution in [3.8, 4) is 11.3 Å². The molecule has 1 amide bonds. The summed E-state index contributed by atoms with van der Waals surface area (Å²) in [5.74, 6) is 0.610. The van der Waals surface area contributed by atoms with Gasteiger partial charge in [-0.2, -0.15) is 0 Å². The Hall–Kier alpha value is -2.98. The zero-order valence-corrected chi connectivity index (χ0v) is 25.1. The van der Waals surface area contributed by atoms with Crippen LogP contribution >= 0.6 is 11.6 Å². The SMILES string of the molecule is CN(C)C/C=C/C(=O)N1CCC(O)(CN(C)[C@H]2CCC[C@@H](Nc3ncc(Cl)c(-c4c[nH]c5ccccc45)n3)C2)CC1. The van der Waals surface area contributed by atoms with Crippen LogP contribution < -0.4 is 5.32 Å². The maximum absolute atomic E-state index is 12.5. The third-order valence-electron chi connectivity index (χ3n) is 8.47. The number of aromatic nitrogens is 3. The molecule has 3 aromatic rings. The van der Waals surface area contributed by atoms with E-state index in [0.717, 1.165) is 48.7 Å². The van der Waals surface area contributed by atoms with E-state index in [2.05, 4.69) is 33.3 Å². The number of likely N-dealkylation sites (tertiary alicyclic amines) is 1. The average Bonchev–Trinajstić information content (AvgIpc) is 3.38. The van der Waals surface area contributed by atoms with Gasteiger partial charge in [0.15, 0.2) is 0 Å². The van der Waals surface area contributed by atoms with Crippen molar-refractivity contribution in [2.24, 2.45) is 0 Å². The number of rotatable bonds is 9. The molecule has 0 bridgehead atoms. The van der Waals surface area contributed by atoms with Crippen LogP contribution in [-0.2, 0) is 4.79 Å². The van der Waals surface area contributed by atoms with Gasteiger partial charge in [-0.15, -0.1) is 0 Å². The fourth-order valence-electron chi connectivity index (χ4n) is 6.14. The Morgan fingerprint density at radius 3 is 2.80 bits per heavy atom. The van der Waals surface area contributed by atoms with Crippen molar-refractivity contribution in [3.63, 3.8) is 0 Å². The lowest BCUT2D eigenvalue weighted by atomic mass is 9.87. The van der Waals surface area contributed by atoms with Crippen molar-refractivity contribution in [2.45, 2.75) is 56.2 Å². The molecule has 2 aliphatic rings. The molecule has 10 heteroatoms. The number of nitrogens with one attached hydrogen (secondary N) is 2. The van der Waals surface area contributed by atoms with Gasteiger partial charge in [-0.25, -0.2) is 9.97 Å². The van der Waals surface area contributed by atoms with Gasteiger partial charge in [0, 0.05) is 67.0 Å². The van der Waals surface area contributed by atoms with Crippen molar-refractivity contribution in [1.29, 1.82) is 0 Å². The highest BCUT2D eigenvalue weighted by Gasteiger charge is 2.36. The van der Waals surface area contributed by atoms with Crippen molar-refractivity contribution in [3.05, 3.63) is 53.8 Å². The van der Waals surface area contributed by atoms with Crippen molar-refractivity contribution < 1.29 is 9.90 Å². The Kier molecular flexibility index (Phi) is 9.28. The summed E-state index contributed by atoms with van der Waals surface area (Å²) in [4.78, 5) is 31.3. The number of hydrogen-bond acceptors (Lipinski definition) is 7. The first-order chi connectivity index (χ1) is 19.7. The quantitative estimate of drug-likeness (QED) is 0.323. The summed E-state index contributed by atoms with van der Waals surface area (Å²) in [6.45, 7) is 2.50. The number of nitrogens with zero attached hydrogens (tertiary/aromatic N) is 5. The number of amides is 1. The van der Waals surface area contributed by atoms with Gasteiger partial charge in [0.25, 0.3) is 0 Å². The van der Waals surface area contributed by atoms with E-state index in [4.69, 9.17) is 16.6 Å². The molecule has 1 aliphatic carbocycles. The lowest BCUT2D eigenvalue weighted by Gasteiger charge is -2.43. The molecule has 5 rings (SSSR count). The summed E-state index contributed by atoms with van der Waals surface area (Å²) in [6.07, 6.45) is 12.5. The van der Waals surface area contributed by atoms with Crippen LogP contribution in [0.25, 0.3) is 22.2 Å². The summed E-state index contributed by atoms with van der Waals surface area (Å²) < 4.78 is 0. The highest BCUT2D eigenvalue weighted by molar-refractivity contribution is 6.33. The van der Waals surface area contributed by atoms with Crippen molar-refractivity contribution in [1.82, 2.24) is 29.7 Å². The number of carbonyl (C=O) groups excluding carboxylic acids is 1. The third-order valence-corrected chi connectivity index (χ3v) is 8.75. The Balaban J connectivity index is 1.16. The van der Waals surface area contributed by atoms with Crippen molar-refractivity contribution in [2.75, 3.05) is 52.6 Å². The van der Waals surface area contributed by atoms with E-state index in [1.54, 1.807) is 12.3 Å². The van der Waals surface area contributed by atoms with Crippen LogP contribution in [0.1, 0.15) is 38.5 Å². The van der Waals surface area contributed by atoms with Gasteiger partial charge in [0.05, 0.1) is 22.5 Å². The fourth-order valence-corrected chi connectivity index (χ4v) is 6.33. The van der Waals surface area contributed by atoms with Gasteiger partial charge >= 0.3 is 0 Å². The molecule has 1 saturated carbocycles. The molecular weight excluding hydrogens is 538 g/mol. The molecule has 0 radical (unpaired) electrons. The molecule has 1 aromatic carbocycles. The molecule has 0 spiro atoms. The predicted molar refractivity (Wildman–Crippen MR) is 165 cm³/mol. The summed E-state index contributed by atoms with van der Waals surface area (Å²) in [6, 6.07) is 8.69. The van der Waals surface area contributed by atoms with Gasteiger partial charge in [-0.3, -0.25) is 4.79 Å². The van der Waals surface area contributed by atoms with E-state index in [9.17, 15) is 9.90 Å². The number of aromatic amines is 1. The highest BCUT2D eigenvalue weighted by Crippen LogP contribution is 2.33. The first-order valence-corrected chi connectivity index (χ1v) is 15.0. The molecule has 0 unspecified atom stereocenters. The van der Waals surface area contributed by atoms with E-state index >= 15 is 0 Å². The Morgan fingerprint density at radius 2 is 2.02 bits per heavy atom. The Labute approximate surface area is 247 Å². The summed E-state index contributed by atoms with van der Waals surface area (Å²) in [5, 5.41) is 16.6. The smallest absolute Gasteiger partial charge is 0.246 e. The highest BCUT2D eigenvalue weighted by atomic mass is 35.5. The first-order valence-electron chi connectivity index (χ1n) is 14.6. The van der Waals surface area contributed by atoms with Crippen LogP contribution in [0.15, 0.2) is 48.8 Å². The van der Waals surface area contributed by atoms with Crippen LogP contribution in [0, 0.1) is 0 Å². The number of likely N-dealkylation sites (N-methyl/N-ethyl adjacent to an activating group) is 2. The Bertz CT molecular complexity index is 1370. The molecule has 2 atom stereocenters. The van der Waals surface area contributed by atoms with Gasteiger partial charge in [0.2, 0.25) is 11.9 Å². The average molecular weight is 580 g/mol. The van der Waals surface area contributed by atoms with Crippen LogP contribution in [-0.4, -0.2) is 106 Å². The maximum atomic E-state index is 12.5. The van der Waals surface area contributed by atoms with E-state index < -0.39 is 5.60 Å². The number of H-pyrrole nitrogens is 1. The standard InChI is InChI=1S/C31H42ClN7O2/c1-37(2)15-7-12-28(40)39-16-13-31(41,14-17-39)21-38(3)23-9-6-8-22(18-23)35-30-34-20-26(32)29(36-30)25-19-33-27-11-5-4-10-24(25)27/h4-5,7,10-12,19-20,22-23,33,41H,6,8-9,13-18,21H2,1-3H3,(H,34,35,36)/b12-7+/t22-,23+/m1/s1. The van der Waals surface area contributed by atoms with Crippen LogP contribution in [0.5, 0.6) is 0 Å². The number of anilines is 1. The lowest BCUT2D eigenvalue weighted by molar-refractivity contribution is -0.131. The first kappa shape index (κ1) is 29.5. The van der Waals surface area contributed by atoms with Gasteiger partial charge in [-0.1, -0.05) is 35.9 Å². The van der Waals surface area contributed by atoms with E-state index in [1.165, 1.54) is 0 Å². The second-order valence-corrected chi connectivity index (χ2v) is 12.3.